The standard InChI is InChI=1S/C59H63N3O/c1-37-22-27-51(47(30-37)39-23-25-43(26-24-39)56(2,3)4)62-52-21-17-20-46(53(52)61-55(62)48-35-45(58(8,9)10)36-49(54(48)63)59(11,12)13)41-31-42(33-44(32-41)57(5,6)7)50-34-40(28-29-60-50)38-18-15-14-16-19-38/h14-36,63H,1-13H3/i14D,15D,16D,18D,19D,28D,29D,34D. The highest BCUT2D eigenvalue weighted by Gasteiger charge is 2.30. The summed E-state index contributed by atoms with van der Waals surface area (Å²) >= 11 is 0. The number of phenolic OH excluding ortho intramolecular Hbond substituents is 1. The molecule has 2 heterocycles. The van der Waals surface area contributed by atoms with Gasteiger partial charge in [-0.1, -0.05) is 173 Å². The predicted octanol–water partition coefficient (Wildman–Crippen LogP) is 16.0. The maximum atomic E-state index is 12.6. The fourth-order valence-corrected chi connectivity index (χ4v) is 8.10. The topological polar surface area (TPSA) is 50.9 Å². The fraction of sp³-hybridized carbons (Fsp3) is 0.288. The summed E-state index contributed by atoms with van der Waals surface area (Å²) in [6.07, 6.45) is -0.500. The number of fused-ring (bicyclic) bond motifs is 1. The Hall–Kier alpha value is -6.26. The van der Waals surface area contributed by atoms with Gasteiger partial charge in [-0.3, -0.25) is 9.55 Å². The molecule has 0 aliphatic rings. The average Bonchev–Trinajstić information content (AvgIpc) is 3.68. The van der Waals surface area contributed by atoms with Gasteiger partial charge in [-0.25, -0.2) is 4.98 Å². The number of aromatic hydroxyl groups is 1. The second-order valence-electron chi connectivity index (χ2n) is 21.0. The van der Waals surface area contributed by atoms with Crippen molar-refractivity contribution in [2.75, 3.05) is 0 Å². The molecule has 6 aromatic carbocycles. The Morgan fingerprint density at radius 2 is 1.19 bits per heavy atom. The van der Waals surface area contributed by atoms with Gasteiger partial charge >= 0.3 is 0 Å². The Kier molecular flexibility index (Phi) is 8.60. The van der Waals surface area contributed by atoms with Crippen LogP contribution in [0, 0.1) is 6.92 Å². The smallest absolute Gasteiger partial charge is 0.149 e. The van der Waals surface area contributed by atoms with Crippen LogP contribution < -0.4 is 0 Å². The molecular formula is C59H63N3O. The summed E-state index contributed by atoms with van der Waals surface area (Å²) < 4.78 is 71.9. The molecule has 1 N–H and O–H groups in total. The SMILES string of the molecule is [2H]c1nc(-c2cc(-c3cccc4c3nc(-c3cc(C(C)(C)C)cc(C(C)(C)C)c3O)n4-c3ccc(C)cc3-c3ccc(C(C)(C)C)cc3)cc(C(C)(C)C)c2)c([2H])c(-c2c([2H])c([2H])c([2H])c([2H])c2[2H])c1[2H]. The third-order valence-electron chi connectivity index (χ3n) is 11.9. The van der Waals surface area contributed by atoms with Crippen LogP contribution in [0.5, 0.6) is 5.75 Å². The summed E-state index contributed by atoms with van der Waals surface area (Å²) in [6.45, 7) is 27.7. The third kappa shape index (κ3) is 8.61. The monoisotopic (exact) mass is 838 g/mol. The lowest BCUT2D eigenvalue weighted by Crippen LogP contribution is -2.17. The van der Waals surface area contributed by atoms with Crippen LogP contribution in [0.25, 0.3) is 72.7 Å². The summed E-state index contributed by atoms with van der Waals surface area (Å²) in [6, 6.07) is 27.4. The maximum absolute atomic E-state index is 12.6. The van der Waals surface area contributed by atoms with Crippen LogP contribution in [-0.2, 0) is 21.7 Å². The van der Waals surface area contributed by atoms with E-state index in [-0.39, 0.29) is 39.4 Å². The van der Waals surface area contributed by atoms with Crippen molar-refractivity contribution in [2.45, 2.75) is 112 Å². The molecule has 0 fully saturated rings. The summed E-state index contributed by atoms with van der Waals surface area (Å²) in [5.41, 5.74) is 10.1. The van der Waals surface area contributed by atoms with E-state index in [0.717, 1.165) is 55.7 Å². The Labute approximate surface area is 387 Å². The number of phenols is 1. The summed E-state index contributed by atoms with van der Waals surface area (Å²) in [7, 11) is 0. The van der Waals surface area contributed by atoms with Crippen LogP contribution in [0.1, 0.15) is 122 Å². The number of imidazole rings is 1. The van der Waals surface area contributed by atoms with E-state index < -0.39 is 53.3 Å². The van der Waals surface area contributed by atoms with Crippen molar-refractivity contribution in [1.82, 2.24) is 14.5 Å². The molecular weight excluding hydrogens is 767 g/mol. The number of hydrogen-bond acceptors (Lipinski definition) is 3. The van der Waals surface area contributed by atoms with Crippen LogP contribution in [-0.4, -0.2) is 19.6 Å². The van der Waals surface area contributed by atoms with E-state index >= 15 is 0 Å². The van der Waals surface area contributed by atoms with E-state index in [1.807, 2.05) is 30.3 Å². The average molecular weight is 838 g/mol. The summed E-state index contributed by atoms with van der Waals surface area (Å²) in [4.78, 5) is 10.1. The Morgan fingerprint density at radius 3 is 1.84 bits per heavy atom. The van der Waals surface area contributed by atoms with Crippen LogP contribution >= 0.6 is 0 Å². The van der Waals surface area contributed by atoms with Gasteiger partial charge in [0.25, 0.3) is 0 Å². The van der Waals surface area contributed by atoms with Crippen molar-refractivity contribution in [1.29, 1.82) is 0 Å². The molecule has 0 aliphatic heterocycles. The van der Waals surface area contributed by atoms with Gasteiger partial charge in [0.2, 0.25) is 0 Å². The van der Waals surface area contributed by atoms with Gasteiger partial charge in [-0.15, -0.1) is 0 Å². The molecule has 0 spiro atoms. The fourth-order valence-electron chi connectivity index (χ4n) is 8.10. The number of aryl methyl sites for hydroxylation is 1. The van der Waals surface area contributed by atoms with Gasteiger partial charge in [0.1, 0.15) is 11.6 Å². The van der Waals surface area contributed by atoms with Gasteiger partial charge in [0.15, 0.2) is 0 Å². The second-order valence-corrected chi connectivity index (χ2v) is 21.0. The highest BCUT2D eigenvalue weighted by Crippen LogP contribution is 2.46. The first kappa shape index (κ1) is 34.3. The Balaban J connectivity index is 1.48. The lowest BCUT2D eigenvalue weighted by atomic mass is 9.79. The van der Waals surface area contributed by atoms with E-state index in [1.54, 1.807) is 0 Å². The minimum Gasteiger partial charge on any atom is -0.507 e. The molecule has 0 atom stereocenters. The van der Waals surface area contributed by atoms with Gasteiger partial charge in [0, 0.05) is 28.4 Å². The molecule has 0 radical (unpaired) electrons. The van der Waals surface area contributed by atoms with Gasteiger partial charge in [-0.2, -0.15) is 0 Å². The lowest BCUT2D eigenvalue weighted by molar-refractivity contribution is 0.446. The first-order chi connectivity index (χ1) is 32.9. The number of benzene rings is 6. The molecule has 8 aromatic rings. The molecule has 4 nitrogen and oxygen atoms in total. The van der Waals surface area contributed by atoms with Gasteiger partial charge in [0.05, 0.1) is 38.9 Å². The molecule has 320 valence electrons. The van der Waals surface area contributed by atoms with Crippen LogP contribution in [0.4, 0.5) is 0 Å². The highest BCUT2D eigenvalue weighted by molar-refractivity contribution is 5.98. The van der Waals surface area contributed by atoms with Crippen molar-refractivity contribution < 1.29 is 16.1 Å². The van der Waals surface area contributed by atoms with E-state index in [0.29, 0.717) is 22.5 Å². The van der Waals surface area contributed by atoms with Crippen LogP contribution in [0.3, 0.4) is 0 Å². The second kappa shape index (κ2) is 15.8. The molecule has 4 heteroatoms. The number of nitrogens with zero attached hydrogens (tertiary/aromatic N) is 3. The molecule has 2 aromatic heterocycles. The van der Waals surface area contributed by atoms with Gasteiger partial charge in [-0.05, 0) is 116 Å². The van der Waals surface area contributed by atoms with E-state index in [1.165, 1.54) is 5.56 Å². The zero-order chi connectivity index (χ0) is 52.2. The molecule has 8 rings (SSSR count). The van der Waals surface area contributed by atoms with E-state index in [2.05, 4.69) is 160 Å². The molecule has 0 unspecified atom stereocenters. The molecule has 0 saturated heterocycles. The van der Waals surface area contributed by atoms with Crippen molar-refractivity contribution in [3.8, 4) is 67.5 Å². The minimum absolute atomic E-state index is 0.0268. The molecule has 63 heavy (non-hydrogen) atoms. The van der Waals surface area contributed by atoms with Crippen molar-refractivity contribution in [2.24, 2.45) is 0 Å². The maximum Gasteiger partial charge on any atom is 0.149 e. The molecule has 0 amide bonds. The highest BCUT2D eigenvalue weighted by atomic mass is 16.3. The number of rotatable bonds is 6. The number of aromatic nitrogens is 3. The summed E-state index contributed by atoms with van der Waals surface area (Å²) in [5, 5.41) is 12.6. The van der Waals surface area contributed by atoms with Crippen molar-refractivity contribution in [3.63, 3.8) is 0 Å². The van der Waals surface area contributed by atoms with E-state index in [4.69, 9.17) is 14.6 Å². The Morgan fingerprint density at radius 1 is 0.540 bits per heavy atom. The Bertz CT molecular complexity index is 3430. The molecule has 0 bridgehead atoms. The number of hydrogen-bond donors (Lipinski definition) is 1. The zero-order valence-corrected chi connectivity index (χ0v) is 38.9. The number of pyridine rings is 1. The van der Waals surface area contributed by atoms with Crippen LogP contribution in [0.2, 0.25) is 0 Å². The summed E-state index contributed by atoms with van der Waals surface area (Å²) in [5.74, 6) is 0.699. The number of para-hydroxylation sites is 1. The first-order valence-electron chi connectivity index (χ1n) is 25.7. The van der Waals surface area contributed by atoms with Gasteiger partial charge < -0.3 is 5.11 Å². The lowest BCUT2D eigenvalue weighted by Gasteiger charge is -2.27. The third-order valence-corrected chi connectivity index (χ3v) is 11.9. The van der Waals surface area contributed by atoms with Crippen molar-refractivity contribution in [3.05, 3.63) is 167 Å². The minimum atomic E-state index is -0.599. The van der Waals surface area contributed by atoms with Crippen molar-refractivity contribution >= 4 is 11.0 Å². The largest absolute Gasteiger partial charge is 0.507 e. The van der Waals surface area contributed by atoms with Crippen LogP contribution in [0.15, 0.2) is 139 Å². The zero-order valence-electron chi connectivity index (χ0n) is 46.9. The molecule has 0 aliphatic carbocycles. The first-order valence-corrected chi connectivity index (χ1v) is 21.7. The quantitative estimate of drug-likeness (QED) is 0.181. The van der Waals surface area contributed by atoms with E-state index in [9.17, 15) is 6.48 Å². The predicted molar refractivity (Wildman–Crippen MR) is 267 cm³/mol. The molecule has 0 saturated carbocycles. The normalized spacial score (nSPS) is 14.4.